The van der Waals surface area contributed by atoms with Gasteiger partial charge in [0.1, 0.15) is 24.1 Å². The zero-order valence-electron chi connectivity index (χ0n) is 21.6. The highest BCUT2D eigenvalue weighted by Crippen LogP contribution is 2.34. The van der Waals surface area contributed by atoms with Crippen LogP contribution in [-0.4, -0.2) is 64.7 Å². The van der Waals surface area contributed by atoms with Crippen LogP contribution in [0.2, 0.25) is 10.0 Å². The summed E-state index contributed by atoms with van der Waals surface area (Å²) < 4.78 is 37.1. The van der Waals surface area contributed by atoms with Gasteiger partial charge in [0.15, 0.2) is 0 Å². The summed E-state index contributed by atoms with van der Waals surface area (Å²) in [6, 6.07) is 8.59. The number of carbonyl (C=O) groups excluding carboxylic acids is 2. The lowest BCUT2D eigenvalue weighted by atomic mass is 10.1. The van der Waals surface area contributed by atoms with E-state index in [0.717, 1.165) is 23.4 Å². The number of nitrogens with zero attached hydrogens (tertiary/aromatic N) is 2. The van der Waals surface area contributed by atoms with Crippen LogP contribution in [-0.2, 0) is 26.2 Å². The van der Waals surface area contributed by atoms with Gasteiger partial charge >= 0.3 is 0 Å². The van der Waals surface area contributed by atoms with E-state index in [-0.39, 0.29) is 23.9 Å². The van der Waals surface area contributed by atoms with Crippen LogP contribution in [0.5, 0.6) is 11.5 Å². The molecule has 0 spiro atoms. The van der Waals surface area contributed by atoms with Gasteiger partial charge in [-0.25, -0.2) is 8.42 Å². The fourth-order valence-electron chi connectivity index (χ4n) is 3.54. The summed E-state index contributed by atoms with van der Waals surface area (Å²) in [5.74, 6) is -0.278. The number of rotatable bonds is 13. The Balaban J connectivity index is 2.45. The van der Waals surface area contributed by atoms with Crippen molar-refractivity contribution in [1.29, 1.82) is 0 Å². The van der Waals surface area contributed by atoms with Crippen LogP contribution in [0.1, 0.15) is 32.3 Å². The summed E-state index contributed by atoms with van der Waals surface area (Å²) >= 11 is 12.2. The lowest BCUT2D eigenvalue weighted by Gasteiger charge is -2.32. The molecule has 1 N–H and O–H groups in total. The Hall–Kier alpha value is -2.69. The normalized spacial score (nSPS) is 12.0. The molecule has 0 fully saturated rings. The first-order chi connectivity index (χ1) is 17.4. The first kappa shape index (κ1) is 30.5. The van der Waals surface area contributed by atoms with Gasteiger partial charge in [-0.2, -0.15) is 0 Å². The van der Waals surface area contributed by atoms with E-state index >= 15 is 0 Å². The number of sulfonamides is 1. The quantitative estimate of drug-likeness (QED) is 0.361. The van der Waals surface area contributed by atoms with Crippen molar-refractivity contribution in [2.75, 3.05) is 37.9 Å². The molecule has 0 bridgehead atoms. The molecule has 0 aliphatic carbocycles. The molecule has 1 atom stereocenters. The molecule has 0 aliphatic heterocycles. The summed E-state index contributed by atoms with van der Waals surface area (Å²) in [7, 11) is -1.06. The average Bonchev–Trinajstić information content (AvgIpc) is 2.86. The van der Waals surface area contributed by atoms with Crippen molar-refractivity contribution in [3.8, 4) is 11.5 Å². The van der Waals surface area contributed by atoms with E-state index in [0.29, 0.717) is 27.9 Å². The maximum Gasteiger partial charge on any atom is 0.244 e. The molecule has 0 saturated carbocycles. The number of benzene rings is 2. The molecule has 0 saturated heterocycles. The number of ether oxygens (including phenoxy) is 2. The van der Waals surface area contributed by atoms with Crippen LogP contribution in [0.4, 0.5) is 5.69 Å². The fraction of sp³-hybridized carbons (Fsp3) is 0.440. The zero-order chi connectivity index (χ0) is 27.8. The number of hydrogen-bond donors (Lipinski definition) is 1. The molecule has 1 unspecified atom stereocenters. The monoisotopic (exact) mass is 573 g/mol. The van der Waals surface area contributed by atoms with Crippen molar-refractivity contribution >= 4 is 50.7 Å². The minimum atomic E-state index is -3.92. The van der Waals surface area contributed by atoms with Gasteiger partial charge < -0.3 is 19.7 Å². The first-order valence-corrected chi connectivity index (χ1v) is 14.2. The average molecular weight is 575 g/mol. The van der Waals surface area contributed by atoms with Crippen molar-refractivity contribution in [1.82, 2.24) is 10.2 Å². The molecule has 2 amide bonds. The predicted molar refractivity (Wildman–Crippen MR) is 146 cm³/mol. The highest BCUT2D eigenvalue weighted by molar-refractivity contribution is 7.92. The molecule has 0 aromatic heterocycles. The lowest BCUT2D eigenvalue weighted by Crippen LogP contribution is -2.51. The van der Waals surface area contributed by atoms with Crippen LogP contribution >= 0.6 is 23.2 Å². The van der Waals surface area contributed by atoms with Gasteiger partial charge in [-0.15, -0.1) is 0 Å². The minimum absolute atomic E-state index is 0.00936. The molecule has 37 heavy (non-hydrogen) atoms. The summed E-state index contributed by atoms with van der Waals surface area (Å²) in [6.45, 7) is 3.51. The van der Waals surface area contributed by atoms with Gasteiger partial charge in [0, 0.05) is 19.2 Å². The third-order valence-corrected chi connectivity index (χ3v) is 7.53. The topological polar surface area (TPSA) is 105 Å². The summed E-state index contributed by atoms with van der Waals surface area (Å²) in [6.07, 6.45) is 2.68. The number of halogens is 2. The van der Waals surface area contributed by atoms with Gasteiger partial charge in [-0.1, -0.05) is 42.6 Å². The second-order valence-electron chi connectivity index (χ2n) is 8.40. The smallest absolute Gasteiger partial charge is 0.244 e. The van der Waals surface area contributed by atoms with Crippen molar-refractivity contribution in [2.45, 2.75) is 39.3 Å². The molecule has 9 nitrogen and oxygen atoms in total. The largest absolute Gasteiger partial charge is 0.497 e. The molecular weight excluding hydrogens is 541 g/mol. The number of amides is 2. The number of unbranched alkanes of at least 4 members (excludes halogenated alkanes) is 1. The van der Waals surface area contributed by atoms with Crippen LogP contribution in [0.3, 0.4) is 0 Å². The van der Waals surface area contributed by atoms with Crippen LogP contribution in [0.25, 0.3) is 0 Å². The molecule has 0 heterocycles. The summed E-state index contributed by atoms with van der Waals surface area (Å²) in [5, 5.41) is 3.47. The number of hydrogen-bond acceptors (Lipinski definition) is 6. The minimum Gasteiger partial charge on any atom is -0.497 e. The van der Waals surface area contributed by atoms with E-state index < -0.39 is 28.5 Å². The Bertz CT molecular complexity index is 1210. The molecule has 2 aromatic rings. The van der Waals surface area contributed by atoms with Gasteiger partial charge in [0.25, 0.3) is 0 Å². The van der Waals surface area contributed by atoms with Crippen molar-refractivity contribution in [2.24, 2.45) is 0 Å². The number of anilines is 1. The Morgan fingerprint density at radius 2 is 1.76 bits per heavy atom. The van der Waals surface area contributed by atoms with E-state index in [4.69, 9.17) is 32.7 Å². The maximum atomic E-state index is 13.6. The maximum absolute atomic E-state index is 13.6. The Labute approximate surface area is 228 Å². The Kier molecular flexibility index (Phi) is 11.3. The molecule has 2 rings (SSSR count). The third kappa shape index (κ3) is 8.41. The second kappa shape index (κ2) is 13.7. The summed E-state index contributed by atoms with van der Waals surface area (Å²) in [5.41, 5.74) is 0.789. The summed E-state index contributed by atoms with van der Waals surface area (Å²) in [4.78, 5) is 27.8. The van der Waals surface area contributed by atoms with E-state index in [1.807, 2.05) is 6.92 Å². The SMILES string of the molecule is CCCCNC(=O)C(C)N(Cc1ccc(Cl)c(Cl)c1)C(=O)CN(c1ccc(OC)cc1OC)S(C)(=O)=O. The lowest BCUT2D eigenvalue weighted by molar-refractivity contribution is -0.139. The van der Waals surface area contributed by atoms with Gasteiger partial charge in [-0.3, -0.25) is 13.9 Å². The molecule has 0 aliphatic rings. The molecular formula is C25H33Cl2N3O6S. The number of nitrogens with one attached hydrogen (secondary N) is 1. The predicted octanol–water partition coefficient (Wildman–Crippen LogP) is 4.11. The zero-order valence-corrected chi connectivity index (χ0v) is 23.9. The van der Waals surface area contributed by atoms with Crippen molar-refractivity contribution < 1.29 is 27.5 Å². The molecule has 204 valence electrons. The van der Waals surface area contributed by atoms with E-state index in [1.165, 1.54) is 31.3 Å². The van der Waals surface area contributed by atoms with Gasteiger partial charge in [0.05, 0.1) is 36.2 Å². The Morgan fingerprint density at radius 3 is 2.32 bits per heavy atom. The van der Waals surface area contributed by atoms with Crippen LogP contribution < -0.4 is 19.1 Å². The highest BCUT2D eigenvalue weighted by Gasteiger charge is 2.31. The van der Waals surface area contributed by atoms with Gasteiger partial charge in [0.2, 0.25) is 21.8 Å². The third-order valence-electron chi connectivity index (χ3n) is 5.67. The van der Waals surface area contributed by atoms with Gasteiger partial charge in [-0.05, 0) is 43.2 Å². The number of carbonyl (C=O) groups is 2. The van der Waals surface area contributed by atoms with Crippen LogP contribution in [0.15, 0.2) is 36.4 Å². The van der Waals surface area contributed by atoms with Crippen LogP contribution in [0, 0.1) is 0 Å². The molecule has 2 aromatic carbocycles. The molecule has 0 radical (unpaired) electrons. The number of methoxy groups -OCH3 is 2. The fourth-order valence-corrected chi connectivity index (χ4v) is 4.71. The van der Waals surface area contributed by atoms with Crippen molar-refractivity contribution in [3.05, 3.63) is 52.0 Å². The first-order valence-electron chi connectivity index (χ1n) is 11.6. The van der Waals surface area contributed by atoms with E-state index in [9.17, 15) is 18.0 Å². The van der Waals surface area contributed by atoms with E-state index in [1.54, 1.807) is 31.2 Å². The van der Waals surface area contributed by atoms with Crippen molar-refractivity contribution in [3.63, 3.8) is 0 Å². The Morgan fingerprint density at radius 1 is 1.05 bits per heavy atom. The second-order valence-corrected chi connectivity index (χ2v) is 11.1. The van der Waals surface area contributed by atoms with E-state index in [2.05, 4.69) is 5.32 Å². The molecule has 12 heteroatoms. The standard InChI is InChI=1S/C25H33Cl2N3O6S/c1-6-7-12-28-25(32)17(2)29(15-18-8-10-20(26)21(27)13-18)24(31)16-30(37(5,33)34)22-11-9-19(35-3)14-23(22)36-4/h8-11,13-14,17H,6-7,12,15-16H2,1-5H3,(H,28,32). The highest BCUT2D eigenvalue weighted by atomic mass is 35.5.